The van der Waals surface area contributed by atoms with Crippen molar-refractivity contribution in [2.75, 3.05) is 5.32 Å². The molecule has 1 saturated carbocycles. The van der Waals surface area contributed by atoms with Crippen LogP contribution < -0.4 is 11.1 Å². The summed E-state index contributed by atoms with van der Waals surface area (Å²) in [6.07, 6.45) is 1.14. The van der Waals surface area contributed by atoms with Gasteiger partial charge in [-0.2, -0.15) is 0 Å². The molecule has 1 aromatic rings. The quantitative estimate of drug-likeness (QED) is 0.762. The van der Waals surface area contributed by atoms with E-state index in [1.807, 2.05) is 6.92 Å². The third kappa shape index (κ3) is 1.72. The fourth-order valence-electron chi connectivity index (χ4n) is 1.34. The summed E-state index contributed by atoms with van der Waals surface area (Å²) in [4.78, 5) is 0. The molecule has 1 aromatic heterocycles. The highest BCUT2D eigenvalue weighted by atomic mass is 16.4. The molecule has 0 aromatic carbocycles. The van der Waals surface area contributed by atoms with Crippen LogP contribution in [0.3, 0.4) is 0 Å². The van der Waals surface area contributed by atoms with Crippen LogP contribution in [0, 0.1) is 5.41 Å². The van der Waals surface area contributed by atoms with E-state index in [0.717, 1.165) is 6.42 Å². The van der Waals surface area contributed by atoms with Crippen molar-refractivity contribution < 1.29 is 4.42 Å². The second-order valence-electron chi connectivity index (χ2n) is 4.62. The molecule has 0 aliphatic heterocycles. The lowest BCUT2D eigenvalue weighted by atomic mass is 10.2. The maximum Gasteiger partial charge on any atom is 0.315 e. The standard InChI is InChI=1S/C9H16N4O/c1-5(10)7-12-13-8(14-7)11-6-4-9(6,2)3/h5-6H,4,10H2,1-3H3,(H,11,13). The summed E-state index contributed by atoms with van der Waals surface area (Å²) >= 11 is 0. The molecule has 1 aliphatic rings. The molecule has 0 bridgehead atoms. The fraction of sp³-hybridized carbons (Fsp3) is 0.778. The van der Waals surface area contributed by atoms with E-state index in [0.29, 0.717) is 23.4 Å². The zero-order chi connectivity index (χ0) is 10.3. The van der Waals surface area contributed by atoms with Crippen LogP contribution in [0.2, 0.25) is 0 Å². The topological polar surface area (TPSA) is 77.0 Å². The Bertz CT molecular complexity index is 331. The Kier molecular flexibility index (Phi) is 1.99. The van der Waals surface area contributed by atoms with Gasteiger partial charge in [-0.1, -0.05) is 18.9 Å². The Hall–Kier alpha value is -1.10. The zero-order valence-corrected chi connectivity index (χ0v) is 8.74. The van der Waals surface area contributed by atoms with Crippen molar-refractivity contribution in [3.05, 3.63) is 5.89 Å². The van der Waals surface area contributed by atoms with E-state index in [4.69, 9.17) is 10.2 Å². The highest BCUT2D eigenvalue weighted by Crippen LogP contribution is 2.46. The second-order valence-corrected chi connectivity index (χ2v) is 4.62. The first-order valence-electron chi connectivity index (χ1n) is 4.84. The number of nitrogens with one attached hydrogen (secondary N) is 1. The monoisotopic (exact) mass is 196 g/mol. The normalized spacial score (nSPS) is 25.9. The average Bonchev–Trinajstić information content (AvgIpc) is 2.51. The van der Waals surface area contributed by atoms with Gasteiger partial charge in [0.05, 0.1) is 6.04 Å². The van der Waals surface area contributed by atoms with Crippen molar-refractivity contribution in [2.45, 2.75) is 39.3 Å². The van der Waals surface area contributed by atoms with Crippen LogP contribution in [0.4, 0.5) is 6.01 Å². The third-order valence-electron chi connectivity index (χ3n) is 2.64. The van der Waals surface area contributed by atoms with E-state index in [2.05, 4.69) is 29.4 Å². The molecule has 78 valence electrons. The van der Waals surface area contributed by atoms with Gasteiger partial charge >= 0.3 is 6.01 Å². The van der Waals surface area contributed by atoms with Crippen LogP contribution in [0.25, 0.3) is 0 Å². The van der Waals surface area contributed by atoms with Crippen molar-refractivity contribution in [1.82, 2.24) is 10.2 Å². The Morgan fingerprint density at radius 3 is 2.64 bits per heavy atom. The number of anilines is 1. The largest absolute Gasteiger partial charge is 0.406 e. The lowest BCUT2D eigenvalue weighted by Gasteiger charge is -2.02. The number of aromatic nitrogens is 2. The number of rotatable bonds is 3. The lowest BCUT2D eigenvalue weighted by molar-refractivity contribution is 0.470. The summed E-state index contributed by atoms with van der Waals surface area (Å²) < 4.78 is 5.33. The van der Waals surface area contributed by atoms with E-state index in [-0.39, 0.29) is 6.04 Å². The molecule has 1 fully saturated rings. The van der Waals surface area contributed by atoms with E-state index >= 15 is 0 Å². The summed E-state index contributed by atoms with van der Waals surface area (Å²) in [6.45, 7) is 6.22. The fourth-order valence-corrected chi connectivity index (χ4v) is 1.34. The maximum absolute atomic E-state index is 5.60. The van der Waals surface area contributed by atoms with Crippen molar-refractivity contribution in [2.24, 2.45) is 11.1 Å². The molecule has 0 radical (unpaired) electrons. The molecule has 0 spiro atoms. The minimum absolute atomic E-state index is 0.203. The van der Waals surface area contributed by atoms with Gasteiger partial charge in [-0.3, -0.25) is 0 Å². The Balaban J connectivity index is 1.98. The van der Waals surface area contributed by atoms with E-state index in [1.165, 1.54) is 0 Å². The van der Waals surface area contributed by atoms with Crippen molar-refractivity contribution in [3.8, 4) is 0 Å². The van der Waals surface area contributed by atoms with Gasteiger partial charge in [-0.25, -0.2) is 0 Å². The minimum Gasteiger partial charge on any atom is -0.406 e. The highest BCUT2D eigenvalue weighted by molar-refractivity contribution is 5.27. The SMILES string of the molecule is CC(N)c1nnc(NC2CC2(C)C)o1. The first-order chi connectivity index (χ1) is 6.49. The van der Waals surface area contributed by atoms with Crippen LogP contribution >= 0.6 is 0 Å². The molecule has 5 nitrogen and oxygen atoms in total. The molecule has 0 amide bonds. The summed E-state index contributed by atoms with van der Waals surface area (Å²) in [6, 6.07) is 0.724. The van der Waals surface area contributed by atoms with Gasteiger partial charge in [0.15, 0.2) is 0 Å². The summed E-state index contributed by atoms with van der Waals surface area (Å²) in [5.41, 5.74) is 5.95. The number of hydrogen-bond acceptors (Lipinski definition) is 5. The van der Waals surface area contributed by atoms with Gasteiger partial charge in [0.2, 0.25) is 5.89 Å². The van der Waals surface area contributed by atoms with Gasteiger partial charge in [0, 0.05) is 6.04 Å². The van der Waals surface area contributed by atoms with E-state index in [1.54, 1.807) is 0 Å². The van der Waals surface area contributed by atoms with Crippen LogP contribution in [0.5, 0.6) is 0 Å². The first kappa shape index (κ1) is 9.45. The Labute approximate surface area is 83.1 Å². The summed E-state index contributed by atoms with van der Waals surface area (Å²) in [7, 11) is 0. The molecular formula is C9H16N4O. The zero-order valence-electron chi connectivity index (χ0n) is 8.74. The Morgan fingerprint density at radius 1 is 1.57 bits per heavy atom. The average molecular weight is 196 g/mol. The molecule has 2 rings (SSSR count). The molecule has 3 N–H and O–H groups in total. The van der Waals surface area contributed by atoms with Gasteiger partial charge < -0.3 is 15.5 Å². The van der Waals surface area contributed by atoms with Crippen LogP contribution in [-0.4, -0.2) is 16.2 Å². The Morgan fingerprint density at radius 2 is 2.21 bits per heavy atom. The molecule has 1 aliphatic carbocycles. The molecule has 5 heteroatoms. The number of nitrogens with two attached hydrogens (primary N) is 1. The van der Waals surface area contributed by atoms with Crippen molar-refractivity contribution in [1.29, 1.82) is 0 Å². The smallest absolute Gasteiger partial charge is 0.315 e. The van der Waals surface area contributed by atoms with Gasteiger partial charge in [0.1, 0.15) is 0 Å². The number of hydrogen-bond donors (Lipinski definition) is 2. The minimum atomic E-state index is -0.203. The van der Waals surface area contributed by atoms with Crippen LogP contribution in [-0.2, 0) is 0 Å². The van der Waals surface area contributed by atoms with Gasteiger partial charge in [-0.15, -0.1) is 5.10 Å². The molecular weight excluding hydrogens is 180 g/mol. The number of nitrogens with zero attached hydrogens (tertiary/aromatic N) is 2. The molecule has 1 heterocycles. The summed E-state index contributed by atoms with van der Waals surface area (Å²) in [5.74, 6) is 0.478. The third-order valence-corrected chi connectivity index (χ3v) is 2.64. The lowest BCUT2D eigenvalue weighted by Crippen LogP contribution is -2.08. The summed E-state index contributed by atoms with van der Waals surface area (Å²) in [5, 5.41) is 10.9. The molecule has 2 atom stereocenters. The van der Waals surface area contributed by atoms with E-state index in [9.17, 15) is 0 Å². The highest BCUT2D eigenvalue weighted by Gasteiger charge is 2.46. The predicted octanol–water partition coefficient (Wildman–Crippen LogP) is 1.30. The molecule has 2 unspecified atom stereocenters. The maximum atomic E-state index is 5.60. The van der Waals surface area contributed by atoms with Crippen LogP contribution in [0.1, 0.15) is 39.1 Å². The van der Waals surface area contributed by atoms with Crippen molar-refractivity contribution >= 4 is 6.01 Å². The van der Waals surface area contributed by atoms with Crippen LogP contribution in [0.15, 0.2) is 4.42 Å². The van der Waals surface area contributed by atoms with Crippen molar-refractivity contribution in [3.63, 3.8) is 0 Å². The van der Waals surface area contributed by atoms with E-state index < -0.39 is 0 Å². The first-order valence-corrected chi connectivity index (χ1v) is 4.84. The molecule has 14 heavy (non-hydrogen) atoms. The van der Waals surface area contributed by atoms with Gasteiger partial charge in [0.25, 0.3) is 0 Å². The second kappa shape index (κ2) is 2.95. The molecule has 0 saturated heterocycles. The predicted molar refractivity (Wildman–Crippen MR) is 52.7 cm³/mol. The van der Waals surface area contributed by atoms with Gasteiger partial charge in [-0.05, 0) is 18.8 Å².